The summed E-state index contributed by atoms with van der Waals surface area (Å²) in [6, 6.07) is 12.3. The van der Waals surface area contributed by atoms with Crippen LogP contribution in [0.25, 0.3) is 22.4 Å². The molecule has 0 saturated heterocycles. The molecule has 0 saturated carbocycles. The Morgan fingerprint density at radius 2 is 2.00 bits per heavy atom. The number of pyridine rings is 1. The number of aryl methyl sites for hydroxylation is 2. The van der Waals surface area contributed by atoms with Crippen molar-refractivity contribution in [1.29, 1.82) is 0 Å². The summed E-state index contributed by atoms with van der Waals surface area (Å²) in [6.07, 6.45) is 2.05. The van der Waals surface area contributed by atoms with E-state index in [9.17, 15) is 0 Å². The van der Waals surface area contributed by atoms with Gasteiger partial charge in [0.2, 0.25) is 0 Å². The molecule has 0 aliphatic carbocycles. The number of H-pyrrole nitrogens is 1. The van der Waals surface area contributed by atoms with Gasteiger partial charge >= 0.3 is 0 Å². The minimum Gasteiger partial charge on any atom is -0.338 e. The molecule has 3 heteroatoms. The maximum atomic E-state index is 4.59. The number of fused-ring (bicyclic) bond motifs is 1. The van der Waals surface area contributed by atoms with Crippen LogP contribution in [0.4, 0.5) is 0 Å². The van der Waals surface area contributed by atoms with Crippen molar-refractivity contribution in [1.82, 2.24) is 9.97 Å². The first-order valence-electron chi connectivity index (χ1n) is 5.65. The van der Waals surface area contributed by atoms with Crippen molar-refractivity contribution >= 4 is 11.0 Å². The van der Waals surface area contributed by atoms with Crippen LogP contribution in [0.15, 0.2) is 42.6 Å². The van der Waals surface area contributed by atoms with Crippen LogP contribution in [0, 0.1) is 6.92 Å². The Bertz CT molecular complexity index is 650. The molecule has 2 heterocycles. The van der Waals surface area contributed by atoms with E-state index in [1.807, 2.05) is 31.3 Å². The smallest absolute Gasteiger partial charge is 0.178 e. The Balaban J connectivity index is 2.17. The summed E-state index contributed by atoms with van der Waals surface area (Å²) in [5.74, 6) is 0.926. The molecule has 17 heavy (non-hydrogen) atoms. The zero-order chi connectivity index (χ0) is 11.8. The molecule has 0 spiro atoms. The number of para-hydroxylation sites is 2. The third-order valence-corrected chi connectivity index (χ3v) is 3.06. The molecule has 0 amide bonds. The van der Waals surface area contributed by atoms with Gasteiger partial charge in [0.15, 0.2) is 11.9 Å². The highest BCUT2D eigenvalue weighted by Gasteiger charge is 2.08. The van der Waals surface area contributed by atoms with Gasteiger partial charge in [-0.1, -0.05) is 12.1 Å². The average Bonchev–Trinajstić information content (AvgIpc) is 2.76. The molecular formula is C14H14N3+. The molecule has 0 atom stereocenters. The number of benzene rings is 1. The lowest BCUT2D eigenvalue weighted by atomic mass is 10.2. The summed E-state index contributed by atoms with van der Waals surface area (Å²) in [5, 5.41) is 0. The summed E-state index contributed by atoms with van der Waals surface area (Å²) in [7, 11) is 2.04. The Morgan fingerprint density at radius 3 is 2.76 bits per heavy atom. The second-order valence-electron chi connectivity index (χ2n) is 4.27. The lowest BCUT2D eigenvalue weighted by molar-refractivity contribution is -0.677. The van der Waals surface area contributed by atoms with Crippen LogP contribution in [0.5, 0.6) is 0 Å². The molecule has 84 valence electrons. The van der Waals surface area contributed by atoms with Crippen molar-refractivity contribution in [3.05, 3.63) is 48.3 Å². The molecular weight excluding hydrogens is 210 g/mol. The van der Waals surface area contributed by atoms with Gasteiger partial charge in [-0.2, -0.15) is 0 Å². The number of nitrogens with zero attached hydrogens (tertiary/aromatic N) is 2. The van der Waals surface area contributed by atoms with Crippen LogP contribution in [0.3, 0.4) is 0 Å². The number of hydrogen-bond donors (Lipinski definition) is 1. The third kappa shape index (κ3) is 1.69. The van der Waals surface area contributed by atoms with E-state index in [4.69, 9.17) is 0 Å². The van der Waals surface area contributed by atoms with Gasteiger partial charge in [0.1, 0.15) is 12.9 Å². The summed E-state index contributed by atoms with van der Waals surface area (Å²) in [4.78, 5) is 7.93. The van der Waals surface area contributed by atoms with Crippen molar-refractivity contribution in [3.8, 4) is 11.4 Å². The largest absolute Gasteiger partial charge is 0.338 e. The fourth-order valence-corrected chi connectivity index (χ4v) is 1.92. The molecule has 2 aromatic heterocycles. The predicted molar refractivity (Wildman–Crippen MR) is 67.4 cm³/mol. The molecule has 0 unspecified atom stereocenters. The van der Waals surface area contributed by atoms with Crippen LogP contribution in [0.2, 0.25) is 0 Å². The minimum absolute atomic E-state index is 0.926. The highest BCUT2D eigenvalue weighted by atomic mass is 14.9. The second-order valence-corrected chi connectivity index (χ2v) is 4.27. The molecule has 0 aliphatic rings. The molecule has 3 rings (SSSR count). The van der Waals surface area contributed by atoms with Crippen LogP contribution >= 0.6 is 0 Å². The highest BCUT2D eigenvalue weighted by Crippen LogP contribution is 2.19. The summed E-state index contributed by atoms with van der Waals surface area (Å²) >= 11 is 0. The monoisotopic (exact) mass is 224 g/mol. The Kier molecular flexibility index (Phi) is 2.18. The zero-order valence-corrected chi connectivity index (χ0v) is 9.94. The number of hydrogen-bond acceptors (Lipinski definition) is 1. The van der Waals surface area contributed by atoms with Gasteiger partial charge in [-0.05, 0) is 12.1 Å². The fraction of sp³-hybridized carbons (Fsp3) is 0.143. The number of aromatic amines is 1. The van der Waals surface area contributed by atoms with E-state index < -0.39 is 0 Å². The fourth-order valence-electron chi connectivity index (χ4n) is 1.92. The minimum atomic E-state index is 0.926. The molecule has 0 fully saturated rings. The van der Waals surface area contributed by atoms with Gasteiger partial charge in [0, 0.05) is 24.6 Å². The molecule has 3 nitrogen and oxygen atoms in total. The van der Waals surface area contributed by atoms with Crippen LogP contribution in [0.1, 0.15) is 5.69 Å². The van der Waals surface area contributed by atoms with Crippen molar-refractivity contribution in [2.45, 2.75) is 6.92 Å². The molecule has 0 radical (unpaired) electrons. The first-order valence-corrected chi connectivity index (χ1v) is 5.65. The zero-order valence-electron chi connectivity index (χ0n) is 9.94. The van der Waals surface area contributed by atoms with Gasteiger partial charge in [-0.15, -0.1) is 0 Å². The quantitative estimate of drug-likeness (QED) is 0.632. The first kappa shape index (κ1) is 10.0. The van der Waals surface area contributed by atoms with Crippen molar-refractivity contribution in [2.24, 2.45) is 7.05 Å². The summed E-state index contributed by atoms with van der Waals surface area (Å²) in [6.45, 7) is 2.09. The number of imidazole rings is 1. The lowest BCUT2D eigenvalue weighted by Crippen LogP contribution is -2.30. The van der Waals surface area contributed by atoms with Gasteiger partial charge in [0.05, 0.1) is 11.0 Å². The van der Waals surface area contributed by atoms with Crippen LogP contribution in [-0.4, -0.2) is 9.97 Å². The summed E-state index contributed by atoms with van der Waals surface area (Å²) < 4.78 is 2.09. The molecule has 1 aromatic carbocycles. The number of nitrogens with one attached hydrogen (secondary N) is 1. The van der Waals surface area contributed by atoms with E-state index in [-0.39, 0.29) is 0 Å². The summed E-state index contributed by atoms with van der Waals surface area (Å²) in [5.41, 5.74) is 4.42. The van der Waals surface area contributed by atoms with Gasteiger partial charge in [-0.25, -0.2) is 9.55 Å². The predicted octanol–water partition coefficient (Wildman–Crippen LogP) is 2.36. The van der Waals surface area contributed by atoms with Gasteiger partial charge in [-0.3, -0.25) is 0 Å². The Hall–Kier alpha value is -2.16. The third-order valence-electron chi connectivity index (χ3n) is 3.06. The first-order chi connectivity index (χ1) is 8.24. The van der Waals surface area contributed by atoms with E-state index in [0.29, 0.717) is 0 Å². The maximum Gasteiger partial charge on any atom is 0.178 e. The van der Waals surface area contributed by atoms with Crippen LogP contribution in [-0.2, 0) is 7.05 Å². The van der Waals surface area contributed by atoms with Crippen molar-refractivity contribution in [3.63, 3.8) is 0 Å². The van der Waals surface area contributed by atoms with Crippen molar-refractivity contribution < 1.29 is 4.57 Å². The number of rotatable bonds is 1. The molecule has 0 bridgehead atoms. The molecule has 0 aliphatic heterocycles. The highest BCUT2D eigenvalue weighted by molar-refractivity contribution is 5.79. The van der Waals surface area contributed by atoms with Crippen molar-refractivity contribution in [2.75, 3.05) is 0 Å². The van der Waals surface area contributed by atoms with E-state index >= 15 is 0 Å². The molecule has 3 aromatic rings. The Labute approximate surface area is 99.8 Å². The van der Waals surface area contributed by atoms with E-state index in [1.165, 1.54) is 5.69 Å². The molecule has 1 N–H and O–H groups in total. The topological polar surface area (TPSA) is 32.6 Å². The van der Waals surface area contributed by atoms with E-state index in [2.05, 4.69) is 39.8 Å². The SMILES string of the molecule is Cc1cc(-c2nc3ccccc3[nH]2)cc[n+]1C. The number of aromatic nitrogens is 3. The Morgan fingerprint density at radius 1 is 1.18 bits per heavy atom. The lowest BCUT2D eigenvalue weighted by Gasteiger charge is -1.97. The van der Waals surface area contributed by atoms with Crippen LogP contribution < -0.4 is 4.57 Å². The average molecular weight is 224 g/mol. The van der Waals surface area contributed by atoms with E-state index in [1.54, 1.807) is 0 Å². The normalized spacial score (nSPS) is 10.9. The van der Waals surface area contributed by atoms with Gasteiger partial charge in [0.25, 0.3) is 0 Å². The second kappa shape index (κ2) is 3.70. The van der Waals surface area contributed by atoms with Gasteiger partial charge < -0.3 is 4.98 Å². The van der Waals surface area contributed by atoms with E-state index in [0.717, 1.165) is 22.4 Å². The standard InChI is InChI=1S/C14H13N3/c1-10-9-11(7-8-17(10)2)14-15-12-5-3-4-6-13(12)16-14/h3-9H,1-2H3/p+1. The maximum absolute atomic E-state index is 4.59.